The molecule has 3 heterocycles. The smallest absolute Gasteiger partial charge is 0.410 e. The maximum atomic E-state index is 13.1. The van der Waals surface area contributed by atoms with E-state index in [0.717, 1.165) is 12.8 Å². The van der Waals surface area contributed by atoms with E-state index in [0.29, 0.717) is 47.0 Å². The Labute approximate surface area is 222 Å². The largest absolute Gasteiger partial charge is 0.489 e. The normalized spacial score (nSPS) is 14.8. The van der Waals surface area contributed by atoms with E-state index in [1.165, 1.54) is 10.7 Å². The third-order valence-electron chi connectivity index (χ3n) is 5.86. The number of ether oxygens (including phenoxy) is 2. The molecule has 11 nitrogen and oxygen atoms in total. The Hall–Kier alpha value is -4.15. The topological polar surface area (TPSA) is 136 Å². The minimum absolute atomic E-state index is 0.0441. The van der Waals surface area contributed by atoms with Gasteiger partial charge in [0.1, 0.15) is 16.9 Å². The Morgan fingerprint density at radius 1 is 1.24 bits per heavy atom. The van der Waals surface area contributed by atoms with Gasteiger partial charge in [-0.25, -0.2) is 14.3 Å². The predicted molar refractivity (Wildman–Crippen MR) is 146 cm³/mol. The third-order valence-corrected chi connectivity index (χ3v) is 5.86. The highest BCUT2D eigenvalue weighted by Crippen LogP contribution is 2.31. The molecule has 1 aromatic carbocycles. The average molecular weight is 522 g/mol. The molecule has 0 radical (unpaired) electrons. The zero-order chi connectivity index (χ0) is 27.4. The van der Waals surface area contributed by atoms with Gasteiger partial charge in [0.2, 0.25) is 0 Å². The number of hydrogen-bond donors (Lipinski definition) is 2. The molecule has 38 heavy (non-hydrogen) atoms. The molecule has 4 rings (SSSR count). The highest BCUT2D eigenvalue weighted by Gasteiger charge is 2.26. The lowest BCUT2D eigenvalue weighted by Gasteiger charge is -2.32. The molecule has 3 aromatic rings. The van der Waals surface area contributed by atoms with E-state index in [2.05, 4.69) is 15.4 Å². The summed E-state index contributed by atoms with van der Waals surface area (Å²) in [4.78, 5) is 36.2. The summed E-state index contributed by atoms with van der Waals surface area (Å²) in [6.07, 6.45) is 7.54. The molecule has 2 aromatic heterocycles. The number of nitrogen functional groups attached to an aromatic ring is 1. The third kappa shape index (κ3) is 6.58. The standard InChI is InChI=1S/C27H35N7O4/c1-17(2)37-23-14-21(28)18(15-30-19-7-11-33(12-8-19)26(36)38-27(3,4)5)13-22(23)32-25(35)20-16-31-34-10-6-9-29-24(20)34/h6,9-10,13-17,19H,7-8,11-12,28H2,1-5H3,(H,32,35). The summed E-state index contributed by atoms with van der Waals surface area (Å²) in [6.45, 7) is 10.5. The summed E-state index contributed by atoms with van der Waals surface area (Å²) in [7, 11) is 0. The SMILES string of the molecule is CC(C)Oc1cc(N)c(C=NC2CCN(C(=O)OC(C)(C)C)CC2)cc1NC(=O)c1cnn2cccnc12. The van der Waals surface area contributed by atoms with Crippen molar-refractivity contribution in [1.29, 1.82) is 0 Å². The summed E-state index contributed by atoms with van der Waals surface area (Å²) in [5.74, 6) is 0.0904. The second kappa shape index (κ2) is 11.1. The molecule has 1 aliphatic heterocycles. The fourth-order valence-electron chi connectivity index (χ4n) is 4.06. The number of fused-ring (bicyclic) bond motifs is 1. The second-order valence-electron chi connectivity index (χ2n) is 10.5. The second-order valence-corrected chi connectivity index (χ2v) is 10.5. The first-order valence-electron chi connectivity index (χ1n) is 12.7. The van der Waals surface area contributed by atoms with E-state index in [1.807, 2.05) is 34.6 Å². The van der Waals surface area contributed by atoms with Crippen LogP contribution in [0.1, 0.15) is 63.4 Å². The average Bonchev–Trinajstić information content (AvgIpc) is 3.28. The van der Waals surface area contributed by atoms with E-state index in [4.69, 9.17) is 20.2 Å². The van der Waals surface area contributed by atoms with Crippen LogP contribution in [0.5, 0.6) is 5.75 Å². The van der Waals surface area contributed by atoms with Crippen molar-refractivity contribution >= 4 is 35.2 Å². The van der Waals surface area contributed by atoms with Crippen LogP contribution in [0.4, 0.5) is 16.2 Å². The van der Waals surface area contributed by atoms with Gasteiger partial charge in [0.05, 0.1) is 24.0 Å². The van der Waals surface area contributed by atoms with Crippen LogP contribution >= 0.6 is 0 Å². The quantitative estimate of drug-likeness (QED) is 0.367. The van der Waals surface area contributed by atoms with Gasteiger partial charge in [0.15, 0.2) is 5.65 Å². The van der Waals surface area contributed by atoms with E-state index in [9.17, 15) is 9.59 Å². The molecule has 0 atom stereocenters. The minimum Gasteiger partial charge on any atom is -0.489 e. The number of aliphatic imine (C=N–C) groups is 1. The lowest BCUT2D eigenvalue weighted by Crippen LogP contribution is -2.42. The van der Waals surface area contributed by atoms with Gasteiger partial charge >= 0.3 is 6.09 Å². The Morgan fingerprint density at radius 2 is 1.97 bits per heavy atom. The Kier molecular flexibility index (Phi) is 7.84. The molecule has 3 N–H and O–H groups in total. The molecule has 11 heteroatoms. The van der Waals surface area contributed by atoms with Crippen molar-refractivity contribution in [2.24, 2.45) is 4.99 Å². The number of amides is 2. The van der Waals surface area contributed by atoms with Gasteiger partial charge in [-0.2, -0.15) is 5.10 Å². The van der Waals surface area contributed by atoms with Gasteiger partial charge in [-0.3, -0.25) is 9.79 Å². The molecule has 0 saturated carbocycles. The predicted octanol–water partition coefficient (Wildman–Crippen LogP) is 4.17. The number of aromatic nitrogens is 3. The summed E-state index contributed by atoms with van der Waals surface area (Å²) < 4.78 is 12.9. The van der Waals surface area contributed by atoms with Crippen molar-refractivity contribution in [3.63, 3.8) is 0 Å². The Bertz CT molecular complexity index is 1330. The molecule has 1 saturated heterocycles. The van der Waals surface area contributed by atoms with Crippen molar-refractivity contribution < 1.29 is 19.1 Å². The Morgan fingerprint density at radius 3 is 2.66 bits per heavy atom. The van der Waals surface area contributed by atoms with Crippen molar-refractivity contribution in [2.45, 2.75) is 65.2 Å². The number of anilines is 2. The molecule has 2 amide bonds. The lowest BCUT2D eigenvalue weighted by atomic mass is 10.1. The number of carbonyl (C=O) groups excluding carboxylic acids is 2. The number of nitrogens with two attached hydrogens (primary N) is 1. The van der Waals surface area contributed by atoms with Crippen molar-refractivity contribution in [1.82, 2.24) is 19.5 Å². The number of benzene rings is 1. The number of rotatable bonds is 6. The lowest BCUT2D eigenvalue weighted by molar-refractivity contribution is 0.0207. The highest BCUT2D eigenvalue weighted by molar-refractivity contribution is 6.09. The number of nitrogens with one attached hydrogen (secondary N) is 1. The number of nitrogens with zero attached hydrogens (tertiary/aromatic N) is 5. The maximum absolute atomic E-state index is 13.1. The monoisotopic (exact) mass is 521 g/mol. The van der Waals surface area contributed by atoms with E-state index in [-0.39, 0.29) is 24.1 Å². The first kappa shape index (κ1) is 26.9. The zero-order valence-electron chi connectivity index (χ0n) is 22.5. The van der Waals surface area contributed by atoms with Gasteiger partial charge in [-0.05, 0) is 59.6 Å². The van der Waals surface area contributed by atoms with Crippen molar-refractivity contribution in [3.8, 4) is 5.75 Å². The van der Waals surface area contributed by atoms with Gasteiger partial charge in [0.25, 0.3) is 5.91 Å². The molecule has 0 spiro atoms. The van der Waals surface area contributed by atoms with Crippen molar-refractivity contribution in [3.05, 3.63) is 47.9 Å². The summed E-state index contributed by atoms with van der Waals surface area (Å²) >= 11 is 0. The summed E-state index contributed by atoms with van der Waals surface area (Å²) in [6, 6.07) is 5.23. The summed E-state index contributed by atoms with van der Waals surface area (Å²) in [5, 5.41) is 7.11. The van der Waals surface area contributed by atoms with Gasteiger partial charge in [0, 0.05) is 49.0 Å². The molecule has 202 valence electrons. The van der Waals surface area contributed by atoms with Crippen LogP contribution in [-0.2, 0) is 4.74 Å². The molecular weight excluding hydrogens is 486 g/mol. The summed E-state index contributed by atoms with van der Waals surface area (Å²) in [5.41, 5.74) is 8.19. The van der Waals surface area contributed by atoms with E-state index >= 15 is 0 Å². The number of carbonyl (C=O) groups is 2. The van der Waals surface area contributed by atoms with Gasteiger partial charge in [-0.15, -0.1) is 0 Å². The maximum Gasteiger partial charge on any atom is 0.410 e. The van der Waals surface area contributed by atoms with Crippen LogP contribution in [0.25, 0.3) is 5.65 Å². The van der Waals surface area contributed by atoms with Crippen LogP contribution in [0.2, 0.25) is 0 Å². The Balaban J connectivity index is 1.49. The molecule has 1 aliphatic rings. The fraction of sp³-hybridized carbons (Fsp3) is 0.444. The number of likely N-dealkylation sites (tertiary alicyclic amines) is 1. The van der Waals surface area contributed by atoms with Crippen LogP contribution in [0.3, 0.4) is 0 Å². The number of piperidine rings is 1. The first-order chi connectivity index (χ1) is 18.0. The molecular formula is C27H35N7O4. The van der Waals surface area contributed by atoms with E-state index < -0.39 is 5.60 Å². The highest BCUT2D eigenvalue weighted by atomic mass is 16.6. The first-order valence-corrected chi connectivity index (χ1v) is 12.7. The zero-order valence-corrected chi connectivity index (χ0v) is 22.5. The van der Waals surface area contributed by atoms with Crippen LogP contribution in [0, 0.1) is 0 Å². The molecule has 0 bridgehead atoms. The van der Waals surface area contributed by atoms with Gasteiger partial charge in [-0.1, -0.05) is 0 Å². The van der Waals surface area contributed by atoms with Crippen molar-refractivity contribution in [2.75, 3.05) is 24.1 Å². The molecule has 0 unspecified atom stereocenters. The van der Waals surface area contributed by atoms with Crippen LogP contribution < -0.4 is 15.8 Å². The molecule has 1 fully saturated rings. The number of hydrogen-bond acceptors (Lipinski definition) is 8. The van der Waals surface area contributed by atoms with E-state index in [1.54, 1.807) is 41.7 Å². The molecule has 0 aliphatic carbocycles. The van der Waals surface area contributed by atoms with Gasteiger partial charge < -0.3 is 25.4 Å². The fourth-order valence-corrected chi connectivity index (χ4v) is 4.06. The van der Waals surface area contributed by atoms with Crippen LogP contribution in [-0.4, -0.2) is 68.5 Å². The van der Waals surface area contributed by atoms with Crippen LogP contribution in [0.15, 0.2) is 41.8 Å². The minimum atomic E-state index is -0.524.